The van der Waals surface area contributed by atoms with E-state index in [2.05, 4.69) is 93.6 Å². The molecule has 0 heterocycles. The number of hydrogen-bond acceptors (Lipinski definition) is 4. The molecule has 218 valence electrons. The Morgan fingerprint density at radius 1 is 0.550 bits per heavy atom. The molecule has 0 bridgehead atoms. The van der Waals surface area contributed by atoms with Crippen LogP contribution in [0.2, 0.25) is 0 Å². The quantitative estimate of drug-likeness (QED) is 0.0683. The Bertz CT molecular complexity index is 1190. The molecule has 0 radical (unpaired) electrons. The Hall–Kier alpha value is -2.48. The van der Waals surface area contributed by atoms with Crippen LogP contribution in [0.15, 0.2) is 68.7 Å². The van der Waals surface area contributed by atoms with E-state index < -0.39 is 0 Å². The van der Waals surface area contributed by atoms with Crippen molar-refractivity contribution in [2.24, 2.45) is 20.2 Å². The molecule has 8 nitrogen and oxygen atoms in total. The first-order valence-electron chi connectivity index (χ1n) is 13.4. The molecule has 3 rings (SSSR count). The lowest BCUT2D eigenvalue weighted by atomic mass is 9.92. The molecule has 40 heavy (non-hydrogen) atoms. The highest BCUT2D eigenvalue weighted by molar-refractivity contribution is 14.0. The van der Waals surface area contributed by atoms with Crippen LogP contribution in [0, 0.1) is 0 Å². The summed E-state index contributed by atoms with van der Waals surface area (Å²) in [5.74, 6) is 1.31. The van der Waals surface area contributed by atoms with Crippen molar-refractivity contribution in [3.63, 3.8) is 0 Å². The molecule has 0 unspecified atom stereocenters. The van der Waals surface area contributed by atoms with Crippen LogP contribution in [-0.2, 0) is 0 Å². The van der Waals surface area contributed by atoms with E-state index in [1.54, 1.807) is 0 Å². The fourth-order valence-electron chi connectivity index (χ4n) is 4.05. The number of nitrogens with zero attached hydrogens (tertiary/aromatic N) is 4. The van der Waals surface area contributed by atoms with E-state index >= 15 is 0 Å². The third-order valence-electron chi connectivity index (χ3n) is 5.37. The van der Waals surface area contributed by atoms with Gasteiger partial charge >= 0.3 is 0 Å². The fraction of sp³-hybridized carbons (Fsp3) is 0.400. The molecule has 0 fully saturated rings. The largest absolute Gasteiger partial charge is 0.353 e. The molecule has 0 saturated carbocycles. The third kappa shape index (κ3) is 10.5. The smallest absolute Gasteiger partial charge is 0.212 e. The summed E-state index contributed by atoms with van der Waals surface area (Å²) in [6.07, 6.45) is 3.75. The van der Waals surface area contributed by atoms with Gasteiger partial charge in [-0.15, -0.1) is 48.0 Å². The van der Waals surface area contributed by atoms with Gasteiger partial charge in [0.1, 0.15) is 0 Å². The third-order valence-corrected chi connectivity index (χ3v) is 5.37. The second-order valence-corrected chi connectivity index (χ2v) is 10.4. The Kier molecular flexibility index (Phi) is 15.4. The maximum absolute atomic E-state index is 4.61. The summed E-state index contributed by atoms with van der Waals surface area (Å²) in [6.45, 7) is 16.5. The molecular formula is C30H44I2N8. The number of rotatable bonds is 8. The van der Waals surface area contributed by atoms with Gasteiger partial charge in [-0.3, -0.25) is 0 Å². The van der Waals surface area contributed by atoms with E-state index in [9.17, 15) is 0 Å². The van der Waals surface area contributed by atoms with E-state index in [1.807, 2.05) is 64.4 Å². The molecule has 3 aromatic rings. The van der Waals surface area contributed by atoms with Gasteiger partial charge in [0, 0.05) is 35.3 Å². The highest BCUT2D eigenvalue weighted by Crippen LogP contribution is 2.31. The highest BCUT2D eigenvalue weighted by Gasteiger charge is 2.12. The van der Waals surface area contributed by atoms with Gasteiger partial charge in [0.2, 0.25) is 11.9 Å². The van der Waals surface area contributed by atoms with Gasteiger partial charge < -0.3 is 10.6 Å². The average molecular weight is 771 g/mol. The predicted octanol–water partition coefficient (Wildman–Crippen LogP) is 6.60. The highest BCUT2D eigenvalue weighted by atomic mass is 127. The monoisotopic (exact) mass is 770 g/mol. The molecule has 10 heteroatoms. The van der Waals surface area contributed by atoms with Crippen LogP contribution in [0.3, 0.4) is 0 Å². The second kappa shape index (κ2) is 17.4. The number of guanidine groups is 2. The number of benzene rings is 3. The minimum atomic E-state index is 0. The topological polar surface area (TPSA) is 97.6 Å². The van der Waals surface area contributed by atoms with Crippen LogP contribution in [-0.4, -0.2) is 48.5 Å². The summed E-state index contributed by atoms with van der Waals surface area (Å²) in [4.78, 5) is 9.22. The molecule has 0 amide bonds. The molecule has 0 aliphatic heterocycles. The molecule has 0 saturated heterocycles. The number of aliphatic imine (C=N–C) groups is 2. The Labute approximate surface area is 273 Å². The first-order valence-corrected chi connectivity index (χ1v) is 13.4. The van der Waals surface area contributed by atoms with Crippen molar-refractivity contribution in [1.82, 2.24) is 21.5 Å². The molecule has 0 aliphatic carbocycles. The molecule has 4 N–H and O–H groups in total. The van der Waals surface area contributed by atoms with Crippen molar-refractivity contribution in [1.29, 1.82) is 0 Å². The zero-order valence-electron chi connectivity index (χ0n) is 24.7. The number of hydrogen-bond donors (Lipinski definition) is 4. The van der Waals surface area contributed by atoms with E-state index in [1.165, 1.54) is 0 Å². The maximum Gasteiger partial charge on any atom is 0.212 e. The number of fused-ring (bicyclic) bond motifs is 2. The second-order valence-electron chi connectivity index (χ2n) is 10.4. The van der Waals surface area contributed by atoms with Crippen molar-refractivity contribution in [3.05, 3.63) is 59.7 Å². The normalized spacial score (nSPS) is 12.6. The van der Waals surface area contributed by atoms with Crippen molar-refractivity contribution in [2.45, 2.75) is 79.6 Å². The van der Waals surface area contributed by atoms with Gasteiger partial charge in [-0.1, -0.05) is 48.5 Å². The van der Waals surface area contributed by atoms with Crippen molar-refractivity contribution in [2.75, 3.05) is 0 Å². The molecular weight excluding hydrogens is 726 g/mol. The SMILES string of the molecule is CC(C)N=C(NN=Cc1c2ccccc2c(C=NNC(=NC(C)C)NC(C)C)c2ccccc12)NC(C)C.I.I. The number of halogens is 2. The van der Waals surface area contributed by atoms with Gasteiger partial charge in [0.25, 0.3) is 0 Å². The van der Waals surface area contributed by atoms with E-state index in [0.717, 1.165) is 32.7 Å². The maximum atomic E-state index is 4.61. The standard InChI is InChI=1S/C30H42N8.2HI/c1-19(2)33-29(34-20(3)4)37-31-17-27-23-13-9-11-15-25(23)28(26-16-12-10-14-24(26)27)18-32-38-30(35-21(5)6)36-22(7)8;;/h9-22H,1-8H3,(H2,33,34,37)(H2,35,36,38);2*1H. The molecule has 3 aromatic carbocycles. The van der Waals surface area contributed by atoms with E-state index in [-0.39, 0.29) is 72.1 Å². The van der Waals surface area contributed by atoms with Crippen LogP contribution < -0.4 is 21.5 Å². The molecule has 0 spiro atoms. The van der Waals surface area contributed by atoms with Gasteiger partial charge in [-0.2, -0.15) is 10.2 Å². The zero-order chi connectivity index (χ0) is 27.7. The summed E-state index contributed by atoms with van der Waals surface area (Å²) in [5, 5.41) is 20.2. The summed E-state index contributed by atoms with van der Waals surface area (Å²) >= 11 is 0. The minimum Gasteiger partial charge on any atom is -0.353 e. The van der Waals surface area contributed by atoms with Crippen LogP contribution in [0.1, 0.15) is 66.5 Å². The summed E-state index contributed by atoms with van der Waals surface area (Å²) < 4.78 is 0. The van der Waals surface area contributed by atoms with Gasteiger partial charge in [-0.05, 0) is 76.9 Å². The van der Waals surface area contributed by atoms with Crippen molar-refractivity contribution < 1.29 is 0 Å². The van der Waals surface area contributed by atoms with Crippen LogP contribution in [0.4, 0.5) is 0 Å². The minimum absolute atomic E-state index is 0. The van der Waals surface area contributed by atoms with Gasteiger partial charge in [0.05, 0.1) is 12.4 Å². The van der Waals surface area contributed by atoms with Crippen LogP contribution in [0.5, 0.6) is 0 Å². The zero-order valence-corrected chi connectivity index (χ0v) is 29.3. The Morgan fingerprint density at radius 3 is 1.10 bits per heavy atom. The van der Waals surface area contributed by atoms with Crippen molar-refractivity contribution in [3.8, 4) is 0 Å². The summed E-state index contributed by atoms with van der Waals surface area (Å²) in [6, 6.07) is 17.5. The lowest BCUT2D eigenvalue weighted by Crippen LogP contribution is -2.39. The lowest BCUT2D eigenvalue weighted by molar-refractivity contribution is 0.691. The Balaban J connectivity index is 0.00000400. The summed E-state index contributed by atoms with van der Waals surface area (Å²) in [5.41, 5.74) is 8.28. The lowest BCUT2D eigenvalue weighted by Gasteiger charge is -2.15. The molecule has 0 aromatic heterocycles. The Morgan fingerprint density at radius 2 is 0.850 bits per heavy atom. The van der Waals surface area contributed by atoms with Crippen LogP contribution in [0.25, 0.3) is 21.5 Å². The van der Waals surface area contributed by atoms with Crippen LogP contribution >= 0.6 is 48.0 Å². The van der Waals surface area contributed by atoms with Gasteiger partial charge in [0.15, 0.2) is 0 Å². The first-order chi connectivity index (χ1) is 18.2. The average Bonchev–Trinajstić information content (AvgIpc) is 2.83. The predicted molar refractivity (Wildman–Crippen MR) is 195 cm³/mol. The first kappa shape index (κ1) is 35.5. The molecule has 0 atom stereocenters. The molecule has 0 aliphatic rings. The van der Waals surface area contributed by atoms with Crippen molar-refractivity contribution >= 4 is 93.8 Å². The van der Waals surface area contributed by atoms with E-state index in [0.29, 0.717) is 11.9 Å². The fourth-order valence-corrected chi connectivity index (χ4v) is 4.05. The number of hydrazone groups is 2. The number of nitrogens with one attached hydrogen (secondary N) is 4. The van der Waals surface area contributed by atoms with E-state index in [4.69, 9.17) is 0 Å². The van der Waals surface area contributed by atoms with Gasteiger partial charge in [-0.25, -0.2) is 20.8 Å². The summed E-state index contributed by atoms with van der Waals surface area (Å²) in [7, 11) is 0.